The molecule has 0 spiro atoms. The maximum atomic E-state index is 10.6. The number of carbonyl (C=O) groups is 1. The number of benzene rings is 2. The highest BCUT2D eigenvalue weighted by Gasteiger charge is 2.05. The minimum Gasteiger partial charge on any atom is -0.508 e. The molecule has 5 heteroatoms. The lowest BCUT2D eigenvalue weighted by molar-refractivity contribution is -0.136. The Kier molecular flexibility index (Phi) is 4.50. The number of aromatic hydroxyl groups is 1. The summed E-state index contributed by atoms with van der Waals surface area (Å²) < 4.78 is 0.826. The van der Waals surface area contributed by atoms with Crippen LogP contribution in [-0.4, -0.2) is 16.2 Å². The summed E-state index contributed by atoms with van der Waals surface area (Å²) >= 11 is 4.94. The second-order valence-electron chi connectivity index (χ2n) is 3.93. The number of phenols is 1. The predicted molar refractivity (Wildman–Crippen MR) is 77.7 cm³/mol. The van der Waals surface area contributed by atoms with Gasteiger partial charge in [-0.05, 0) is 51.8 Å². The topological polar surface area (TPSA) is 57.5 Å². The number of carboxylic acid groups (broad SMARTS) is 1. The molecule has 0 bridgehead atoms. The number of carboxylic acids is 1. The first kappa shape index (κ1) is 14.0. The van der Waals surface area contributed by atoms with Crippen LogP contribution in [0.2, 0.25) is 0 Å². The third-order valence-corrected chi connectivity index (χ3v) is 4.42. The Morgan fingerprint density at radius 2 is 1.84 bits per heavy atom. The fourth-order valence-electron chi connectivity index (χ4n) is 1.55. The van der Waals surface area contributed by atoms with E-state index in [2.05, 4.69) is 15.9 Å². The van der Waals surface area contributed by atoms with E-state index in [1.54, 1.807) is 23.9 Å². The summed E-state index contributed by atoms with van der Waals surface area (Å²) in [6.45, 7) is 0. The van der Waals surface area contributed by atoms with E-state index in [1.807, 2.05) is 30.3 Å². The summed E-state index contributed by atoms with van der Waals surface area (Å²) in [5, 5.41) is 18.0. The van der Waals surface area contributed by atoms with Crippen LogP contribution in [0.4, 0.5) is 0 Å². The molecule has 0 heterocycles. The molecule has 2 aromatic carbocycles. The summed E-state index contributed by atoms with van der Waals surface area (Å²) in [6.07, 6.45) is 0.0356. The molecule has 0 unspecified atom stereocenters. The Hall–Kier alpha value is -1.46. The molecule has 0 saturated carbocycles. The Labute approximate surface area is 123 Å². The number of hydrogen-bond acceptors (Lipinski definition) is 3. The van der Waals surface area contributed by atoms with Crippen LogP contribution in [0, 0.1) is 0 Å². The zero-order valence-electron chi connectivity index (χ0n) is 9.84. The molecule has 0 fully saturated rings. The second-order valence-corrected chi connectivity index (χ2v) is 5.90. The van der Waals surface area contributed by atoms with Crippen molar-refractivity contribution in [3.63, 3.8) is 0 Å². The Morgan fingerprint density at radius 3 is 2.42 bits per heavy atom. The molecule has 0 saturated heterocycles. The highest BCUT2D eigenvalue weighted by Crippen LogP contribution is 2.35. The van der Waals surface area contributed by atoms with Crippen molar-refractivity contribution >= 4 is 33.7 Å². The molecule has 2 aromatic rings. The van der Waals surface area contributed by atoms with Gasteiger partial charge in [0.25, 0.3) is 0 Å². The number of rotatable bonds is 4. The zero-order chi connectivity index (χ0) is 13.8. The molecule has 0 amide bonds. The van der Waals surface area contributed by atoms with Gasteiger partial charge in [0.05, 0.1) is 6.42 Å². The third kappa shape index (κ3) is 4.01. The molecule has 0 aliphatic heterocycles. The third-order valence-electron chi connectivity index (χ3n) is 2.42. The largest absolute Gasteiger partial charge is 0.508 e. The van der Waals surface area contributed by atoms with Crippen LogP contribution in [-0.2, 0) is 11.2 Å². The summed E-state index contributed by atoms with van der Waals surface area (Å²) in [6, 6.07) is 12.5. The van der Waals surface area contributed by atoms with Gasteiger partial charge in [-0.1, -0.05) is 23.9 Å². The molecule has 2 N–H and O–H groups in total. The number of hydrogen-bond donors (Lipinski definition) is 2. The normalized spacial score (nSPS) is 10.4. The molecule has 2 rings (SSSR count). The smallest absolute Gasteiger partial charge is 0.307 e. The Bertz CT molecular complexity index is 596. The molecule has 0 aliphatic carbocycles. The zero-order valence-corrected chi connectivity index (χ0v) is 12.2. The summed E-state index contributed by atoms with van der Waals surface area (Å²) in [4.78, 5) is 12.6. The standard InChI is InChI=1S/C14H11BrO3S/c15-12-8-10(16)3-6-13(12)19-11-4-1-9(2-5-11)7-14(17)18/h1-6,8,16H,7H2,(H,17,18). The summed E-state index contributed by atoms with van der Waals surface area (Å²) in [7, 11) is 0. The molecule has 0 aliphatic rings. The Morgan fingerprint density at radius 1 is 1.16 bits per heavy atom. The van der Waals surface area contributed by atoms with E-state index in [0.29, 0.717) is 0 Å². The summed E-state index contributed by atoms with van der Waals surface area (Å²) in [5.41, 5.74) is 0.779. The molecule has 0 radical (unpaired) electrons. The van der Waals surface area contributed by atoms with Crippen LogP contribution in [0.25, 0.3) is 0 Å². The van der Waals surface area contributed by atoms with Crippen LogP contribution in [0.3, 0.4) is 0 Å². The monoisotopic (exact) mass is 338 g/mol. The lowest BCUT2D eigenvalue weighted by atomic mass is 10.2. The van der Waals surface area contributed by atoms with Gasteiger partial charge in [0.15, 0.2) is 0 Å². The van der Waals surface area contributed by atoms with Gasteiger partial charge in [0, 0.05) is 14.3 Å². The van der Waals surface area contributed by atoms with Crippen molar-refractivity contribution in [3.05, 3.63) is 52.5 Å². The molecular weight excluding hydrogens is 328 g/mol. The molecular formula is C14H11BrO3S. The van der Waals surface area contributed by atoms with Crippen molar-refractivity contribution in [2.75, 3.05) is 0 Å². The van der Waals surface area contributed by atoms with Gasteiger partial charge in [-0.15, -0.1) is 0 Å². The quantitative estimate of drug-likeness (QED) is 0.886. The van der Waals surface area contributed by atoms with Gasteiger partial charge in [-0.3, -0.25) is 4.79 Å². The van der Waals surface area contributed by atoms with Crippen molar-refractivity contribution < 1.29 is 15.0 Å². The van der Waals surface area contributed by atoms with Crippen molar-refractivity contribution in [2.24, 2.45) is 0 Å². The fourth-order valence-corrected chi connectivity index (χ4v) is 2.98. The van der Waals surface area contributed by atoms with Crippen LogP contribution in [0.15, 0.2) is 56.7 Å². The minimum absolute atomic E-state index is 0.0356. The van der Waals surface area contributed by atoms with Gasteiger partial charge in [-0.2, -0.15) is 0 Å². The van der Waals surface area contributed by atoms with E-state index < -0.39 is 5.97 Å². The van der Waals surface area contributed by atoms with Crippen molar-refractivity contribution in [1.82, 2.24) is 0 Å². The first-order valence-electron chi connectivity index (χ1n) is 5.52. The highest BCUT2D eigenvalue weighted by molar-refractivity contribution is 9.10. The van der Waals surface area contributed by atoms with Gasteiger partial charge in [-0.25, -0.2) is 0 Å². The average molecular weight is 339 g/mol. The van der Waals surface area contributed by atoms with Crippen LogP contribution >= 0.6 is 27.7 Å². The molecule has 3 nitrogen and oxygen atoms in total. The van der Waals surface area contributed by atoms with E-state index in [0.717, 1.165) is 19.8 Å². The SMILES string of the molecule is O=C(O)Cc1ccc(Sc2ccc(O)cc2Br)cc1. The maximum absolute atomic E-state index is 10.6. The Balaban J connectivity index is 2.13. The summed E-state index contributed by atoms with van der Waals surface area (Å²) in [5.74, 6) is -0.616. The fraction of sp³-hybridized carbons (Fsp3) is 0.0714. The number of phenolic OH excluding ortho intramolecular Hbond substituents is 1. The van der Waals surface area contributed by atoms with Crippen molar-refractivity contribution in [1.29, 1.82) is 0 Å². The first-order chi connectivity index (χ1) is 9.04. The van der Waals surface area contributed by atoms with Crippen molar-refractivity contribution in [3.8, 4) is 5.75 Å². The van der Waals surface area contributed by atoms with E-state index in [4.69, 9.17) is 5.11 Å². The van der Waals surface area contributed by atoms with Crippen LogP contribution in [0.5, 0.6) is 5.75 Å². The van der Waals surface area contributed by atoms with E-state index in [-0.39, 0.29) is 12.2 Å². The average Bonchev–Trinajstić information content (AvgIpc) is 2.34. The van der Waals surface area contributed by atoms with Crippen LogP contribution in [0.1, 0.15) is 5.56 Å². The molecule has 0 aromatic heterocycles. The first-order valence-corrected chi connectivity index (χ1v) is 7.12. The van der Waals surface area contributed by atoms with E-state index in [1.165, 1.54) is 0 Å². The maximum Gasteiger partial charge on any atom is 0.307 e. The van der Waals surface area contributed by atoms with Gasteiger partial charge < -0.3 is 10.2 Å². The molecule has 98 valence electrons. The lowest BCUT2D eigenvalue weighted by Gasteiger charge is -2.05. The molecule has 19 heavy (non-hydrogen) atoms. The van der Waals surface area contributed by atoms with Crippen LogP contribution < -0.4 is 0 Å². The lowest BCUT2D eigenvalue weighted by Crippen LogP contribution is -1.99. The minimum atomic E-state index is -0.832. The predicted octanol–water partition coefficient (Wildman–Crippen LogP) is 3.93. The second kappa shape index (κ2) is 6.12. The number of halogens is 1. The van der Waals surface area contributed by atoms with Gasteiger partial charge in [0.1, 0.15) is 5.75 Å². The van der Waals surface area contributed by atoms with Gasteiger partial charge in [0.2, 0.25) is 0 Å². The van der Waals surface area contributed by atoms with E-state index in [9.17, 15) is 9.90 Å². The van der Waals surface area contributed by atoms with Crippen molar-refractivity contribution in [2.45, 2.75) is 16.2 Å². The number of aliphatic carboxylic acids is 1. The molecule has 0 atom stereocenters. The van der Waals surface area contributed by atoms with Gasteiger partial charge >= 0.3 is 5.97 Å². The van der Waals surface area contributed by atoms with E-state index >= 15 is 0 Å². The highest BCUT2D eigenvalue weighted by atomic mass is 79.9.